The molecule has 1 aliphatic heterocycles. The van der Waals surface area contributed by atoms with Crippen LogP contribution in [0.15, 0.2) is 24.3 Å². The Kier molecular flexibility index (Phi) is 5.86. The first kappa shape index (κ1) is 15.3. The van der Waals surface area contributed by atoms with Crippen molar-refractivity contribution in [3.05, 3.63) is 29.8 Å². The van der Waals surface area contributed by atoms with Crippen LogP contribution in [-0.2, 0) is 0 Å². The highest BCUT2D eigenvalue weighted by molar-refractivity contribution is 5.26. The summed E-state index contributed by atoms with van der Waals surface area (Å²) in [4.78, 5) is 2.48. The van der Waals surface area contributed by atoms with E-state index in [4.69, 9.17) is 4.74 Å². The molecule has 20 heavy (non-hydrogen) atoms. The molecule has 3 heteroatoms. The molecule has 0 amide bonds. The Labute approximate surface area is 122 Å². The van der Waals surface area contributed by atoms with Gasteiger partial charge >= 0.3 is 0 Å². The maximum absolute atomic E-state index is 9.63. The van der Waals surface area contributed by atoms with Gasteiger partial charge in [0, 0.05) is 12.5 Å². The van der Waals surface area contributed by atoms with Crippen LogP contribution >= 0.6 is 0 Å². The summed E-state index contributed by atoms with van der Waals surface area (Å²) in [6, 6.07) is 8.12. The second-order valence-electron chi connectivity index (χ2n) is 5.84. The van der Waals surface area contributed by atoms with Gasteiger partial charge in [-0.1, -0.05) is 24.6 Å². The lowest BCUT2D eigenvalue weighted by atomic mass is 9.85. The molecule has 0 spiro atoms. The van der Waals surface area contributed by atoms with Crippen LogP contribution in [-0.4, -0.2) is 42.9 Å². The van der Waals surface area contributed by atoms with Crippen LogP contribution in [0.1, 0.15) is 25.3 Å². The van der Waals surface area contributed by atoms with Gasteiger partial charge < -0.3 is 14.7 Å². The Bertz CT molecular complexity index is 382. The zero-order valence-corrected chi connectivity index (χ0v) is 12.7. The first-order chi connectivity index (χ1) is 9.72. The van der Waals surface area contributed by atoms with Crippen LogP contribution < -0.4 is 4.74 Å². The lowest BCUT2D eigenvalue weighted by Crippen LogP contribution is -2.38. The average molecular weight is 277 g/mol. The first-order valence-electron chi connectivity index (χ1n) is 7.75. The molecule has 0 saturated carbocycles. The highest BCUT2D eigenvalue weighted by Gasteiger charge is 2.26. The van der Waals surface area contributed by atoms with Crippen LogP contribution in [0, 0.1) is 18.8 Å². The zero-order chi connectivity index (χ0) is 14.4. The number of rotatable bonds is 6. The highest BCUT2D eigenvalue weighted by Crippen LogP contribution is 2.25. The number of likely N-dealkylation sites (tertiary alicyclic amines) is 1. The number of aliphatic hydroxyl groups excluding tert-OH is 1. The van der Waals surface area contributed by atoms with Gasteiger partial charge in [0.05, 0.1) is 6.61 Å². The third kappa shape index (κ3) is 4.22. The average Bonchev–Trinajstić information content (AvgIpc) is 2.50. The predicted octanol–water partition coefficient (Wildman–Crippen LogP) is 2.71. The first-order valence-corrected chi connectivity index (χ1v) is 7.75. The summed E-state index contributed by atoms with van der Waals surface area (Å²) in [7, 11) is 0. The highest BCUT2D eigenvalue weighted by atomic mass is 16.5. The van der Waals surface area contributed by atoms with Crippen molar-refractivity contribution in [2.45, 2.75) is 26.7 Å². The summed E-state index contributed by atoms with van der Waals surface area (Å²) in [5, 5.41) is 9.63. The molecule has 1 unspecified atom stereocenters. The van der Waals surface area contributed by atoms with Crippen molar-refractivity contribution in [1.82, 2.24) is 4.90 Å². The Morgan fingerprint density at radius 3 is 2.45 bits per heavy atom. The summed E-state index contributed by atoms with van der Waals surface area (Å²) in [6.07, 6.45) is 2.35. The molecule has 1 atom stereocenters. The lowest BCUT2D eigenvalue weighted by molar-refractivity contribution is 0.0757. The third-order valence-electron chi connectivity index (χ3n) is 4.47. The maximum atomic E-state index is 9.63. The fraction of sp³-hybridized carbons (Fsp3) is 0.647. The van der Waals surface area contributed by atoms with E-state index in [1.165, 1.54) is 18.4 Å². The molecular weight excluding hydrogens is 250 g/mol. The van der Waals surface area contributed by atoms with E-state index in [9.17, 15) is 5.11 Å². The van der Waals surface area contributed by atoms with Gasteiger partial charge in [-0.15, -0.1) is 0 Å². The van der Waals surface area contributed by atoms with Gasteiger partial charge in [0.1, 0.15) is 5.75 Å². The van der Waals surface area contributed by atoms with Crippen molar-refractivity contribution in [2.24, 2.45) is 11.8 Å². The fourth-order valence-corrected chi connectivity index (χ4v) is 2.92. The summed E-state index contributed by atoms with van der Waals surface area (Å²) >= 11 is 0. The Morgan fingerprint density at radius 2 is 1.90 bits per heavy atom. The molecule has 1 fully saturated rings. The van der Waals surface area contributed by atoms with Crippen molar-refractivity contribution < 1.29 is 9.84 Å². The van der Waals surface area contributed by atoms with Crippen molar-refractivity contribution in [1.29, 1.82) is 0 Å². The summed E-state index contributed by atoms with van der Waals surface area (Å²) in [6.45, 7) is 8.58. The van der Waals surface area contributed by atoms with Gasteiger partial charge in [-0.05, 0) is 57.5 Å². The molecule has 1 heterocycles. The molecule has 0 aliphatic carbocycles. The number of hydrogen-bond acceptors (Lipinski definition) is 3. The molecule has 1 aliphatic rings. The number of aliphatic hydroxyl groups is 1. The summed E-state index contributed by atoms with van der Waals surface area (Å²) in [5.74, 6) is 1.75. The minimum Gasteiger partial charge on any atom is -0.493 e. The number of hydrogen-bond donors (Lipinski definition) is 1. The number of ether oxygens (including phenoxy) is 1. The second kappa shape index (κ2) is 7.65. The van der Waals surface area contributed by atoms with Crippen molar-refractivity contribution in [3.8, 4) is 5.75 Å². The fourth-order valence-electron chi connectivity index (χ4n) is 2.92. The van der Waals surface area contributed by atoms with Crippen LogP contribution in [0.3, 0.4) is 0 Å². The SMILES string of the molecule is CCN1CCC(C(CO)COc2ccc(C)cc2)CC1. The number of piperidine rings is 1. The number of nitrogens with zero attached hydrogens (tertiary/aromatic N) is 1. The second-order valence-corrected chi connectivity index (χ2v) is 5.84. The standard InChI is InChI=1S/C17H27NO2/c1-3-18-10-8-15(9-11-18)16(12-19)13-20-17-6-4-14(2)5-7-17/h4-7,15-16,19H,3,8-13H2,1-2H3. The molecule has 0 aromatic heterocycles. The molecule has 1 aromatic carbocycles. The van der Waals surface area contributed by atoms with Crippen LogP contribution in [0.4, 0.5) is 0 Å². The molecule has 1 aromatic rings. The van der Waals surface area contributed by atoms with Gasteiger partial charge in [0.2, 0.25) is 0 Å². The summed E-state index contributed by atoms with van der Waals surface area (Å²) < 4.78 is 5.85. The monoisotopic (exact) mass is 277 g/mol. The van der Waals surface area contributed by atoms with E-state index in [1.54, 1.807) is 0 Å². The predicted molar refractivity (Wildman–Crippen MR) is 82.1 cm³/mol. The quantitative estimate of drug-likeness (QED) is 0.868. The number of benzene rings is 1. The minimum atomic E-state index is 0.225. The molecule has 2 rings (SSSR count). The Hall–Kier alpha value is -1.06. The molecule has 112 valence electrons. The van der Waals surface area contributed by atoms with E-state index in [-0.39, 0.29) is 12.5 Å². The smallest absolute Gasteiger partial charge is 0.119 e. The van der Waals surface area contributed by atoms with Crippen LogP contribution in [0.2, 0.25) is 0 Å². The van der Waals surface area contributed by atoms with Gasteiger partial charge in [0.15, 0.2) is 0 Å². The lowest BCUT2D eigenvalue weighted by Gasteiger charge is -2.34. The molecular formula is C17H27NO2. The van der Waals surface area contributed by atoms with Crippen LogP contribution in [0.5, 0.6) is 5.75 Å². The molecule has 3 nitrogen and oxygen atoms in total. The van der Waals surface area contributed by atoms with Gasteiger partial charge in [0.25, 0.3) is 0 Å². The Morgan fingerprint density at radius 1 is 1.25 bits per heavy atom. The van der Waals surface area contributed by atoms with Crippen molar-refractivity contribution in [3.63, 3.8) is 0 Å². The van der Waals surface area contributed by atoms with Crippen LogP contribution in [0.25, 0.3) is 0 Å². The van der Waals surface area contributed by atoms with Crippen molar-refractivity contribution >= 4 is 0 Å². The minimum absolute atomic E-state index is 0.225. The van der Waals surface area contributed by atoms with E-state index < -0.39 is 0 Å². The van der Waals surface area contributed by atoms with E-state index >= 15 is 0 Å². The molecule has 1 N–H and O–H groups in total. The van der Waals surface area contributed by atoms with E-state index in [0.29, 0.717) is 12.5 Å². The van der Waals surface area contributed by atoms with Gasteiger partial charge in [-0.3, -0.25) is 0 Å². The summed E-state index contributed by atoms with van der Waals surface area (Å²) in [5.41, 5.74) is 1.24. The van der Waals surface area contributed by atoms with Crippen molar-refractivity contribution in [2.75, 3.05) is 32.8 Å². The largest absolute Gasteiger partial charge is 0.493 e. The number of aryl methyl sites for hydroxylation is 1. The molecule has 0 radical (unpaired) electrons. The van der Waals surface area contributed by atoms with E-state index in [0.717, 1.165) is 25.4 Å². The zero-order valence-electron chi connectivity index (χ0n) is 12.7. The van der Waals surface area contributed by atoms with E-state index in [2.05, 4.69) is 30.9 Å². The van der Waals surface area contributed by atoms with E-state index in [1.807, 2.05) is 12.1 Å². The van der Waals surface area contributed by atoms with Gasteiger partial charge in [-0.25, -0.2) is 0 Å². The molecule has 1 saturated heterocycles. The van der Waals surface area contributed by atoms with Gasteiger partial charge in [-0.2, -0.15) is 0 Å². The molecule has 0 bridgehead atoms. The topological polar surface area (TPSA) is 32.7 Å². The maximum Gasteiger partial charge on any atom is 0.119 e. The Balaban J connectivity index is 1.81. The third-order valence-corrected chi connectivity index (χ3v) is 4.47. The normalized spacial score (nSPS) is 18.9.